The summed E-state index contributed by atoms with van der Waals surface area (Å²) >= 11 is 0. The van der Waals surface area contributed by atoms with Crippen LogP contribution in [0.2, 0.25) is 0 Å². The van der Waals surface area contributed by atoms with E-state index in [1.54, 1.807) is 0 Å². The van der Waals surface area contributed by atoms with Crippen LogP contribution in [0.4, 0.5) is 0 Å². The first-order valence-corrected chi connectivity index (χ1v) is 7.64. The van der Waals surface area contributed by atoms with Crippen LogP contribution in [0.1, 0.15) is 40.0 Å². The van der Waals surface area contributed by atoms with E-state index in [1.807, 2.05) is 19.9 Å². The molecule has 112 valence electrons. The second-order valence-electron chi connectivity index (χ2n) is 6.01. The van der Waals surface area contributed by atoms with Crippen molar-refractivity contribution in [2.24, 2.45) is 0 Å². The number of hydrogen-bond donors (Lipinski definition) is 2. The fourth-order valence-corrected chi connectivity index (χ4v) is 3.43. The first-order valence-electron chi connectivity index (χ1n) is 7.64. The van der Waals surface area contributed by atoms with Gasteiger partial charge in [0, 0.05) is 17.6 Å². The van der Waals surface area contributed by atoms with E-state index in [0.29, 0.717) is 5.56 Å². The summed E-state index contributed by atoms with van der Waals surface area (Å²) in [6.07, 6.45) is 3.58. The largest absolute Gasteiger partial charge is 0.478 e. The number of carbonyl (C=O) groups is 1. The van der Waals surface area contributed by atoms with E-state index in [2.05, 4.69) is 16.0 Å². The van der Waals surface area contributed by atoms with Gasteiger partial charge in [-0.1, -0.05) is 12.1 Å². The van der Waals surface area contributed by atoms with Crippen LogP contribution in [0.15, 0.2) is 12.1 Å². The molecule has 21 heavy (non-hydrogen) atoms. The first-order chi connectivity index (χ1) is 10.1. The van der Waals surface area contributed by atoms with Gasteiger partial charge in [0.2, 0.25) is 0 Å². The number of carboxylic acid groups (broad SMARTS) is 1. The van der Waals surface area contributed by atoms with Gasteiger partial charge in [-0.25, -0.2) is 4.79 Å². The Morgan fingerprint density at radius 1 is 1.29 bits per heavy atom. The highest BCUT2D eigenvalue weighted by Gasteiger charge is 2.18. The van der Waals surface area contributed by atoms with Crippen molar-refractivity contribution in [2.75, 3.05) is 19.6 Å². The average molecular weight is 286 g/mol. The van der Waals surface area contributed by atoms with Crippen molar-refractivity contribution in [3.8, 4) is 0 Å². The van der Waals surface area contributed by atoms with E-state index in [9.17, 15) is 9.90 Å². The van der Waals surface area contributed by atoms with Crippen LogP contribution in [0.3, 0.4) is 0 Å². The van der Waals surface area contributed by atoms with E-state index in [-0.39, 0.29) is 0 Å². The third-order valence-corrected chi connectivity index (χ3v) is 4.59. The molecule has 0 aliphatic carbocycles. The predicted octanol–water partition coefficient (Wildman–Crippen LogP) is 3.12. The van der Waals surface area contributed by atoms with Crippen molar-refractivity contribution in [1.29, 1.82) is 0 Å². The van der Waals surface area contributed by atoms with Gasteiger partial charge >= 0.3 is 5.97 Å². The third kappa shape index (κ3) is 2.56. The Morgan fingerprint density at radius 3 is 2.67 bits per heavy atom. The maximum absolute atomic E-state index is 11.5. The number of aryl methyl sites for hydroxylation is 2. The molecule has 2 N–H and O–H groups in total. The summed E-state index contributed by atoms with van der Waals surface area (Å²) in [7, 11) is 0. The van der Waals surface area contributed by atoms with Crippen molar-refractivity contribution in [1.82, 2.24) is 9.88 Å². The van der Waals surface area contributed by atoms with Crippen molar-refractivity contribution >= 4 is 16.9 Å². The normalized spacial score (nSPS) is 15.9. The summed E-state index contributed by atoms with van der Waals surface area (Å²) in [5.74, 6) is -0.856. The molecular formula is C17H22N2O2. The zero-order valence-electron chi connectivity index (χ0n) is 12.7. The Hall–Kier alpha value is -1.81. The lowest BCUT2D eigenvalue weighted by Gasteiger charge is -2.14. The number of rotatable bonds is 4. The Kier molecular flexibility index (Phi) is 3.72. The summed E-state index contributed by atoms with van der Waals surface area (Å²) in [5, 5.41) is 10.5. The van der Waals surface area contributed by atoms with Gasteiger partial charge in [-0.3, -0.25) is 0 Å². The molecular weight excluding hydrogens is 264 g/mol. The Labute approximate surface area is 124 Å². The number of hydrogen-bond acceptors (Lipinski definition) is 2. The second-order valence-corrected chi connectivity index (χ2v) is 6.01. The van der Waals surface area contributed by atoms with Gasteiger partial charge in [0.25, 0.3) is 0 Å². The van der Waals surface area contributed by atoms with Gasteiger partial charge in [-0.05, 0) is 57.3 Å². The number of likely N-dealkylation sites (tertiary alicyclic amines) is 1. The monoisotopic (exact) mass is 286 g/mol. The second kappa shape index (κ2) is 5.53. The van der Waals surface area contributed by atoms with E-state index in [1.165, 1.54) is 31.5 Å². The quantitative estimate of drug-likeness (QED) is 0.908. The molecule has 1 saturated heterocycles. The SMILES string of the molecule is Cc1ccc2c(CCN3CCCC3)c(C)[nH]c2c1C(=O)O. The van der Waals surface area contributed by atoms with Gasteiger partial charge < -0.3 is 15.0 Å². The fraction of sp³-hybridized carbons (Fsp3) is 0.471. The average Bonchev–Trinajstić information content (AvgIpc) is 3.03. The lowest BCUT2D eigenvalue weighted by Crippen LogP contribution is -2.22. The molecule has 0 spiro atoms. The van der Waals surface area contributed by atoms with Crippen LogP contribution in [0.25, 0.3) is 10.9 Å². The van der Waals surface area contributed by atoms with Crippen LogP contribution in [-0.2, 0) is 6.42 Å². The van der Waals surface area contributed by atoms with Gasteiger partial charge in [-0.2, -0.15) is 0 Å². The molecule has 0 atom stereocenters. The van der Waals surface area contributed by atoms with Crippen LogP contribution in [-0.4, -0.2) is 40.6 Å². The smallest absolute Gasteiger partial charge is 0.338 e. The molecule has 2 aromatic rings. The lowest BCUT2D eigenvalue weighted by atomic mass is 10.0. The number of carboxylic acids is 1. The van der Waals surface area contributed by atoms with Crippen molar-refractivity contribution in [2.45, 2.75) is 33.1 Å². The number of benzene rings is 1. The molecule has 4 heteroatoms. The van der Waals surface area contributed by atoms with Crippen molar-refractivity contribution < 1.29 is 9.90 Å². The molecule has 1 aliphatic rings. The number of aromatic amines is 1. The molecule has 0 bridgehead atoms. The van der Waals surface area contributed by atoms with E-state index in [0.717, 1.165) is 35.1 Å². The predicted molar refractivity (Wildman–Crippen MR) is 84.1 cm³/mol. The zero-order valence-corrected chi connectivity index (χ0v) is 12.7. The van der Waals surface area contributed by atoms with Crippen molar-refractivity contribution in [3.63, 3.8) is 0 Å². The van der Waals surface area contributed by atoms with Gasteiger partial charge in [-0.15, -0.1) is 0 Å². The number of aromatic carboxylic acids is 1. The summed E-state index contributed by atoms with van der Waals surface area (Å²) in [6, 6.07) is 3.97. The summed E-state index contributed by atoms with van der Waals surface area (Å²) in [6.45, 7) is 7.34. The number of fused-ring (bicyclic) bond motifs is 1. The number of nitrogens with one attached hydrogen (secondary N) is 1. The molecule has 1 aliphatic heterocycles. The van der Waals surface area contributed by atoms with Gasteiger partial charge in [0.1, 0.15) is 0 Å². The number of aromatic nitrogens is 1. The summed E-state index contributed by atoms with van der Waals surface area (Å²) in [4.78, 5) is 17.3. The Morgan fingerprint density at radius 2 is 2.00 bits per heavy atom. The summed E-state index contributed by atoms with van der Waals surface area (Å²) < 4.78 is 0. The molecule has 0 saturated carbocycles. The van der Waals surface area contributed by atoms with E-state index in [4.69, 9.17) is 0 Å². The maximum Gasteiger partial charge on any atom is 0.338 e. The molecule has 1 aromatic heterocycles. The van der Waals surface area contributed by atoms with Crippen LogP contribution in [0.5, 0.6) is 0 Å². The fourth-order valence-electron chi connectivity index (χ4n) is 3.43. The molecule has 1 aromatic carbocycles. The van der Waals surface area contributed by atoms with Crippen LogP contribution >= 0.6 is 0 Å². The van der Waals surface area contributed by atoms with Crippen molar-refractivity contribution in [3.05, 3.63) is 34.5 Å². The molecule has 3 rings (SSSR count). The maximum atomic E-state index is 11.5. The first kappa shape index (κ1) is 14.1. The number of nitrogens with zero attached hydrogens (tertiary/aromatic N) is 1. The minimum atomic E-state index is -0.856. The molecule has 0 amide bonds. The standard InChI is InChI=1S/C17H22N2O2/c1-11-5-6-14-13(7-10-19-8-3-4-9-19)12(2)18-16(14)15(11)17(20)21/h5-6,18H,3-4,7-10H2,1-2H3,(H,20,21). The minimum absolute atomic E-state index is 0.406. The molecule has 2 heterocycles. The molecule has 0 unspecified atom stereocenters. The minimum Gasteiger partial charge on any atom is -0.478 e. The van der Waals surface area contributed by atoms with E-state index >= 15 is 0 Å². The van der Waals surface area contributed by atoms with E-state index < -0.39 is 5.97 Å². The van der Waals surface area contributed by atoms with Crippen LogP contribution < -0.4 is 0 Å². The lowest BCUT2D eigenvalue weighted by molar-refractivity contribution is 0.0698. The summed E-state index contributed by atoms with van der Waals surface area (Å²) in [5.41, 5.74) is 4.35. The third-order valence-electron chi connectivity index (χ3n) is 4.59. The highest BCUT2D eigenvalue weighted by atomic mass is 16.4. The Balaban J connectivity index is 1.97. The van der Waals surface area contributed by atoms with Crippen LogP contribution in [0, 0.1) is 13.8 Å². The molecule has 1 fully saturated rings. The highest BCUT2D eigenvalue weighted by molar-refractivity contribution is 6.04. The highest BCUT2D eigenvalue weighted by Crippen LogP contribution is 2.28. The van der Waals surface area contributed by atoms with Gasteiger partial charge in [0.05, 0.1) is 11.1 Å². The number of H-pyrrole nitrogens is 1. The molecule has 4 nitrogen and oxygen atoms in total. The molecule has 0 radical (unpaired) electrons. The topological polar surface area (TPSA) is 56.3 Å². The van der Waals surface area contributed by atoms with Gasteiger partial charge in [0.15, 0.2) is 0 Å². The Bertz CT molecular complexity index is 682. The zero-order chi connectivity index (χ0) is 15.0.